The quantitative estimate of drug-likeness (QED) is 0.695. The first-order valence-corrected chi connectivity index (χ1v) is 6.47. The predicted octanol–water partition coefficient (Wildman–Crippen LogP) is 3.09. The molecule has 2 N–H and O–H groups in total. The number of nitrogens with two attached hydrogens (primary N) is 1. The third kappa shape index (κ3) is 3.18. The third-order valence-corrected chi connectivity index (χ3v) is 2.90. The van der Waals surface area contributed by atoms with E-state index in [0.717, 1.165) is 0 Å². The fraction of sp³-hybridized carbons (Fsp3) is 0.357. The van der Waals surface area contributed by atoms with Crippen LogP contribution in [0.1, 0.15) is 26.5 Å². The highest BCUT2D eigenvalue weighted by atomic mass is 19.1. The summed E-state index contributed by atoms with van der Waals surface area (Å²) in [6.07, 6.45) is 0.399. The van der Waals surface area contributed by atoms with E-state index in [0.29, 0.717) is 17.8 Å². The van der Waals surface area contributed by atoms with Gasteiger partial charge in [0.1, 0.15) is 11.5 Å². The van der Waals surface area contributed by atoms with E-state index in [4.69, 9.17) is 5.73 Å². The zero-order valence-corrected chi connectivity index (χ0v) is 12.1. The van der Waals surface area contributed by atoms with Gasteiger partial charge in [-0.2, -0.15) is 5.10 Å². The largest absolute Gasteiger partial charge is 0.378 e. The molecule has 0 spiro atoms. The summed E-state index contributed by atoms with van der Waals surface area (Å²) in [6.45, 7) is 5.86. The molecular weight excluding hydrogens is 275 g/mol. The minimum absolute atomic E-state index is 0.0927. The number of hydrogen-bond acceptors (Lipinski definition) is 4. The van der Waals surface area contributed by atoms with Crippen molar-refractivity contribution in [3.63, 3.8) is 0 Å². The van der Waals surface area contributed by atoms with Gasteiger partial charge in [-0.3, -0.25) is 10.1 Å². The molecule has 6 nitrogen and oxygen atoms in total. The second-order valence-corrected chi connectivity index (χ2v) is 6.07. The number of nitro groups is 1. The van der Waals surface area contributed by atoms with Crippen LogP contribution in [0.4, 0.5) is 15.9 Å². The topological polar surface area (TPSA) is 87.0 Å². The number of benzene rings is 1. The van der Waals surface area contributed by atoms with E-state index in [2.05, 4.69) is 5.10 Å². The lowest BCUT2D eigenvalue weighted by Gasteiger charge is -2.15. The lowest BCUT2D eigenvalue weighted by molar-refractivity contribution is -0.384. The molecule has 21 heavy (non-hydrogen) atoms. The van der Waals surface area contributed by atoms with Crippen molar-refractivity contribution in [2.75, 3.05) is 5.73 Å². The van der Waals surface area contributed by atoms with E-state index in [9.17, 15) is 14.5 Å². The number of nitrogen functional groups attached to an aromatic ring is 1. The highest BCUT2D eigenvalue weighted by molar-refractivity contribution is 5.60. The molecule has 1 aromatic carbocycles. The van der Waals surface area contributed by atoms with Crippen molar-refractivity contribution in [3.05, 3.63) is 45.9 Å². The first kappa shape index (κ1) is 15.0. The zero-order chi connectivity index (χ0) is 15.8. The maximum absolute atomic E-state index is 13.3. The summed E-state index contributed by atoms with van der Waals surface area (Å²) >= 11 is 0. The number of hydrogen-bond donors (Lipinski definition) is 1. The monoisotopic (exact) mass is 292 g/mol. The molecule has 1 aromatic heterocycles. The highest BCUT2D eigenvalue weighted by Gasteiger charge is 2.29. The lowest BCUT2D eigenvalue weighted by Crippen LogP contribution is -2.11. The van der Waals surface area contributed by atoms with Crippen molar-refractivity contribution in [2.24, 2.45) is 5.41 Å². The first-order chi connectivity index (χ1) is 9.69. The number of nitrogens with zero attached hydrogens (tertiary/aromatic N) is 3. The van der Waals surface area contributed by atoms with Gasteiger partial charge in [0.25, 0.3) is 0 Å². The van der Waals surface area contributed by atoms with Crippen molar-refractivity contribution in [3.8, 4) is 5.69 Å². The van der Waals surface area contributed by atoms with Gasteiger partial charge in [-0.1, -0.05) is 26.8 Å². The molecule has 0 unspecified atom stereocenters. The van der Waals surface area contributed by atoms with Crippen LogP contribution in [-0.4, -0.2) is 14.7 Å². The summed E-state index contributed by atoms with van der Waals surface area (Å²) < 4.78 is 14.5. The Balaban J connectivity index is 2.59. The molecule has 0 amide bonds. The van der Waals surface area contributed by atoms with E-state index in [1.165, 1.54) is 22.9 Å². The Kier molecular flexibility index (Phi) is 3.67. The molecule has 0 radical (unpaired) electrons. The van der Waals surface area contributed by atoms with Crippen LogP contribution in [0.25, 0.3) is 5.69 Å². The highest BCUT2D eigenvalue weighted by Crippen LogP contribution is 2.32. The first-order valence-electron chi connectivity index (χ1n) is 6.47. The fourth-order valence-electron chi connectivity index (χ4n) is 2.10. The summed E-state index contributed by atoms with van der Waals surface area (Å²) in [5.41, 5.74) is 6.10. The molecule has 2 aromatic rings. The number of anilines is 1. The van der Waals surface area contributed by atoms with Gasteiger partial charge in [0.15, 0.2) is 0 Å². The molecule has 0 aliphatic rings. The van der Waals surface area contributed by atoms with Gasteiger partial charge in [0.05, 0.1) is 10.6 Å². The van der Waals surface area contributed by atoms with Gasteiger partial charge in [0.2, 0.25) is 5.82 Å². The van der Waals surface area contributed by atoms with Gasteiger partial charge >= 0.3 is 5.69 Å². The van der Waals surface area contributed by atoms with Crippen LogP contribution in [0.2, 0.25) is 0 Å². The minimum atomic E-state index is -0.542. The zero-order valence-electron chi connectivity index (χ0n) is 12.1. The maximum Gasteiger partial charge on any atom is 0.334 e. The predicted molar refractivity (Wildman–Crippen MR) is 77.7 cm³/mol. The van der Waals surface area contributed by atoms with E-state index >= 15 is 0 Å². The summed E-state index contributed by atoms with van der Waals surface area (Å²) in [6, 6.07) is 5.61. The molecule has 0 aliphatic carbocycles. The average molecular weight is 292 g/mol. The molecule has 0 bridgehead atoms. The smallest absolute Gasteiger partial charge is 0.334 e. The minimum Gasteiger partial charge on any atom is -0.378 e. The molecule has 1 heterocycles. The molecule has 112 valence electrons. The van der Waals surface area contributed by atoms with Gasteiger partial charge in [-0.05, 0) is 23.6 Å². The van der Waals surface area contributed by atoms with Gasteiger partial charge in [-0.25, -0.2) is 9.07 Å². The van der Waals surface area contributed by atoms with Crippen LogP contribution >= 0.6 is 0 Å². The standard InChI is InChI=1S/C14H17FN4O2/c1-14(2,3)8-11-12(19(20)21)13(16)18(17-11)10-6-4-5-9(15)7-10/h4-7H,8,16H2,1-3H3. The van der Waals surface area contributed by atoms with E-state index in [1.807, 2.05) is 20.8 Å². The Morgan fingerprint density at radius 2 is 2.10 bits per heavy atom. The Morgan fingerprint density at radius 1 is 1.43 bits per heavy atom. The van der Waals surface area contributed by atoms with Crippen LogP contribution in [0.5, 0.6) is 0 Å². The van der Waals surface area contributed by atoms with Crippen LogP contribution in [-0.2, 0) is 6.42 Å². The summed E-state index contributed by atoms with van der Waals surface area (Å²) in [5, 5.41) is 15.4. The van der Waals surface area contributed by atoms with Crippen molar-refractivity contribution < 1.29 is 9.31 Å². The molecule has 7 heteroatoms. The second-order valence-electron chi connectivity index (χ2n) is 6.07. The van der Waals surface area contributed by atoms with Crippen molar-refractivity contribution in [1.29, 1.82) is 0 Å². The van der Waals surface area contributed by atoms with Gasteiger partial charge in [0, 0.05) is 6.42 Å². The Bertz CT molecular complexity index is 689. The molecule has 2 rings (SSSR count). The van der Waals surface area contributed by atoms with Crippen molar-refractivity contribution in [2.45, 2.75) is 27.2 Å². The van der Waals surface area contributed by atoms with Crippen molar-refractivity contribution in [1.82, 2.24) is 9.78 Å². The summed E-state index contributed by atoms with van der Waals surface area (Å²) in [7, 11) is 0. The van der Waals surface area contributed by atoms with E-state index in [-0.39, 0.29) is 16.9 Å². The molecule has 0 aliphatic heterocycles. The maximum atomic E-state index is 13.3. The second kappa shape index (κ2) is 5.16. The van der Waals surface area contributed by atoms with Crippen LogP contribution in [0.3, 0.4) is 0 Å². The lowest BCUT2D eigenvalue weighted by atomic mass is 9.90. The number of halogens is 1. The van der Waals surface area contributed by atoms with Crippen LogP contribution in [0.15, 0.2) is 24.3 Å². The van der Waals surface area contributed by atoms with Crippen LogP contribution in [0, 0.1) is 21.3 Å². The molecule has 0 saturated heterocycles. The summed E-state index contributed by atoms with van der Waals surface area (Å²) in [4.78, 5) is 10.7. The SMILES string of the molecule is CC(C)(C)Cc1nn(-c2cccc(F)c2)c(N)c1[N+](=O)[O-]. The van der Waals surface area contributed by atoms with E-state index < -0.39 is 10.7 Å². The summed E-state index contributed by atoms with van der Waals surface area (Å²) in [5.74, 6) is -0.549. The average Bonchev–Trinajstić information content (AvgIpc) is 2.63. The van der Waals surface area contributed by atoms with E-state index in [1.54, 1.807) is 6.07 Å². The number of aromatic nitrogens is 2. The molecule has 0 saturated carbocycles. The fourth-order valence-corrected chi connectivity index (χ4v) is 2.10. The Hall–Kier alpha value is -2.44. The Labute approximate surface area is 121 Å². The third-order valence-electron chi connectivity index (χ3n) is 2.90. The molecule has 0 fully saturated rings. The number of rotatable bonds is 3. The normalized spacial score (nSPS) is 11.6. The van der Waals surface area contributed by atoms with Crippen molar-refractivity contribution >= 4 is 11.5 Å². The van der Waals surface area contributed by atoms with Gasteiger partial charge < -0.3 is 5.73 Å². The Morgan fingerprint density at radius 3 is 2.62 bits per heavy atom. The van der Waals surface area contributed by atoms with Crippen LogP contribution < -0.4 is 5.73 Å². The molecule has 0 atom stereocenters. The molecular formula is C14H17FN4O2. The van der Waals surface area contributed by atoms with Gasteiger partial charge in [-0.15, -0.1) is 0 Å².